The molecule has 0 atom stereocenters. The van der Waals surface area contributed by atoms with Crippen LogP contribution in [0.15, 0.2) is 16.9 Å². The van der Waals surface area contributed by atoms with Gasteiger partial charge in [-0.05, 0) is 19.4 Å². The van der Waals surface area contributed by atoms with Gasteiger partial charge in [-0.1, -0.05) is 25.9 Å². The van der Waals surface area contributed by atoms with E-state index in [1.54, 1.807) is 12.4 Å². The Morgan fingerprint density at radius 3 is 2.55 bits per heavy atom. The third kappa shape index (κ3) is 4.09. The highest BCUT2D eigenvalue weighted by molar-refractivity contribution is 5.45. The molecule has 0 unspecified atom stereocenters. The number of hydrogen-bond donors (Lipinski definition) is 0. The zero-order valence-electron chi connectivity index (χ0n) is 12.7. The molecular weight excluding hydrogens is 254 g/mol. The molecule has 0 amide bonds. The summed E-state index contributed by atoms with van der Waals surface area (Å²) in [4.78, 5) is 14.9. The van der Waals surface area contributed by atoms with E-state index in [1.807, 2.05) is 14.0 Å². The van der Waals surface area contributed by atoms with E-state index < -0.39 is 0 Å². The largest absolute Gasteiger partial charge is 0.337 e. The second kappa shape index (κ2) is 5.66. The molecule has 0 aromatic carbocycles. The smallest absolute Gasteiger partial charge is 0.241 e. The van der Waals surface area contributed by atoms with Crippen LogP contribution in [0.5, 0.6) is 0 Å². The summed E-state index contributed by atoms with van der Waals surface area (Å²) in [6.45, 7) is 10.1. The van der Waals surface area contributed by atoms with E-state index in [9.17, 15) is 0 Å². The molecule has 0 saturated heterocycles. The number of aromatic nitrogens is 4. The molecule has 0 aliphatic rings. The quantitative estimate of drug-likeness (QED) is 0.853. The van der Waals surface area contributed by atoms with Gasteiger partial charge < -0.3 is 4.52 Å². The standard InChI is InChI=1S/C14H21N5O/c1-10-6-16-11(7-15-10)13-17-12(20-18-13)8-19(5)9-14(2,3)4/h6-7H,8-9H2,1-5H3. The minimum atomic E-state index is 0.236. The number of rotatable bonds is 4. The SMILES string of the molecule is Cc1cnc(-c2noc(CN(C)CC(C)(C)C)n2)cn1. The van der Waals surface area contributed by atoms with Gasteiger partial charge in [-0.3, -0.25) is 9.88 Å². The summed E-state index contributed by atoms with van der Waals surface area (Å²) in [6, 6.07) is 0. The van der Waals surface area contributed by atoms with Gasteiger partial charge in [0.15, 0.2) is 0 Å². The van der Waals surface area contributed by atoms with E-state index >= 15 is 0 Å². The number of hydrogen-bond acceptors (Lipinski definition) is 6. The Kier molecular flexibility index (Phi) is 4.13. The summed E-state index contributed by atoms with van der Waals surface area (Å²) in [6.07, 6.45) is 3.35. The highest BCUT2D eigenvalue weighted by Gasteiger charge is 2.16. The first-order valence-corrected chi connectivity index (χ1v) is 6.64. The van der Waals surface area contributed by atoms with Crippen molar-refractivity contribution in [3.05, 3.63) is 24.0 Å². The maximum Gasteiger partial charge on any atom is 0.241 e. The third-order valence-electron chi connectivity index (χ3n) is 2.63. The van der Waals surface area contributed by atoms with Crippen molar-refractivity contribution in [1.82, 2.24) is 25.0 Å². The predicted molar refractivity (Wildman–Crippen MR) is 75.9 cm³/mol. The topological polar surface area (TPSA) is 67.9 Å². The average Bonchev–Trinajstić information content (AvgIpc) is 2.75. The molecule has 0 spiro atoms. The van der Waals surface area contributed by atoms with E-state index in [4.69, 9.17) is 4.52 Å². The van der Waals surface area contributed by atoms with E-state index in [0.29, 0.717) is 24.0 Å². The minimum Gasteiger partial charge on any atom is -0.337 e. The molecule has 20 heavy (non-hydrogen) atoms. The van der Waals surface area contributed by atoms with Crippen molar-refractivity contribution >= 4 is 0 Å². The Balaban J connectivity index is 2.04. The molecule has 6 heteroatoms. The number of aryl methyl sites for hydroxylation is 1. The summed E-state index contributed by atoms with van der Waals surface area (Å²) in [5.41, 5.74) is 1.73. The molecule has 0 fully saturated rings. The first-order valence-electron chi connectivity index (χ1n) is 6.64. The van der Waals surface area contributed by atoms with E-state index in [1.165, 1.54) is 0 Å². The van der Waals surface area contributed by atoms with Crippen molar-refractivity contribution in [3.63, 3.8) is 0 Å². The normalized spacial score (nSPS) is 12.1. The maximum atomic E-state index is 5.26. The van der Waals surface area contributed by atoms with Crippen molar-refractivity contribution in [1.29, 1.82) is 0 Å². The molecule has 2 rings (SSSR count). The maximum absolute atomic E-state index is 5.26. The molecule has 0 bridgehead atoms. The lowest BCUT2D eigenvalue weighted by Crippen LogP contribution is -2.28. The lowest BCUT2D eigenvalue weighted by atomic mass is 9.96. The Labute approximate surface area is 119 Å². The summed E-state index contributed by atoms with van der Waals surface area (Å²) < 4.78 is 5.26. The van der Waals surface area contributed by atoms with Crippen LogP contribution >= 0.6 is 0 Å². The van der Waals surface area contributed by atoms with Crippen LogP contribution in [-0.4, -0.2) is 38.6 Å². The fourth-order valence-electron chi connectivity index (χ4n) is 2.03. The Morgan fingerprint density at radius 1 is 1.20 bits per heavy atom. The number of nitrogens with zero attached hydrogens (tertiary/aromatic N) is 5. The molecule has 2 aromatic rings. The molecule has 108 valence electrons. The van der Waals surface area contributed by atoms with Crippen molar-refractivity contribution in [2.24, 2.45) is 5.41 Å². The van der Waals surface area contributed by atoms with Crippen molar-refractivity contribution < 1.29 is 4.52 Å². The van der Waals surface area contributed by atoms with Crippen LogP contribution in [0.3, 0.4) is 0 Å². The van der Waals surface area contributed by atoms with Gasteiger partial charge in [-0.25, -0.2) is 4.98 Å². The first-order chi connectivity index (χ1) is 9.33. The second-order valence-electron chi connectivity index (χ2n) is 6.29. The Hall–Kier alpha value is -1.82. The fraction of sp³-hybridized carbons (Fsp3) is 0.571. The monoisotopic (exact) mass is 275 g/mol. The van der Waals surface area contributed by atoms with Gasteiger partial charge >= 0.3 is 0 Å². The van der Waals surface area contributed by atoms with Crippen LogP contribution in [0.2, 0.25) is 0 Å². The van der Waals surface area contributed by atoms with Gasteiger partial charge in [0.2, 0.25) is 11.7 Å². The van der Waals surface area contributed by atoms with Crippen LogP contribution < -0.4 is 0 Å². The molecule has 0 saturated carbocycles. The molecule has 0 N–H and O–H groups in total. The summed E-state index contributed by atoms with van der Waals surface area (Å²) in [7, 11) is 2.04. The molecule has 0 aliphatic carbocycles. The minimum absolute atomic E-state index is 0.236. The van der Waals surface area contributed by atoms with Gasteiger partial charge in [0.25, 0.3) is 0 Å². The highest BCUT2D eigenvalue weighted by atomic mass is 16.5. The van der Waals surface area contributed by atoms with Crippen molar-refractivity contribution in [2.75, 3.05) is 13.6 Å². The fourth-order valence-corrected chi connectivity index (χ4v) is 2.03. The lowest BCUT2D eigenvalue weighted by Gasteiger charge is -2.25. The summed E-state index contributed by atoms with van der Waals surface area (Å²) >= 11 is 0. The Bertz CT molecular complexity index is 556. The average molecular weight is 275 g/mol. The lowest BCUT2D eigenvalue weighted by molar-refractivity contribution is 0.198. The molecule has 6 nitrogen and oxygen atoms in total. The van der Waals surface area contributed by atoms with Crippen LogP contribution in [0.25, 0.3) is 11.5 Å². The van der Waals surface area contributed by atoms with Crippen LogP contribution in [0, 0.1) is 12.3 Å². The van der Waals surface area contributed by atoms with Gasteiger partial charge in [-0.2, -0.15) is 4.98 Å². The molecule has 0 aliphatic heterocycles. The zero-order chi connectivity index (χ0) is 14.8. The van der Waals surface area contributed by atoms with Crippen LogP contribution in [-0.2, 0) is 6.54 Å². The third-order valence-corrected chi connectivity index (χ3v) is 2.63. The molecular formula is C14H21N5O. The van der Waals surface area contributed by atoms with Crippen LogP contribution in [0.1, 0.15) is 32.4 Å². The van der Waals surface area contributed by atoms with E-state index in [0.717, 1.165) is 12.2 Å². The second-order valence-corrected chi connectivity index (χ2v) is 6.29. The zero-order valence-corrected chi connectivity index (χ0v) is 12.7. The van der Waals surface area contributed by atoms with E-state index in [-0.39, 0.29) is 5.41 Å². The molecule has 2 aromatic heterocycles. The van der Waals surface area contributed by atoms with Gasteiger partial charge in [0, 0.05) is 12.7 Å². The van der Waals surface area contributed by atoms with Crippen molar-refractivity contribution in [3.8, 4) is 11.5 Å². The highest BCUT2D eigenvalue weighted by Crippen LogP contribution is 2.16. The van der Waals surface area contributed by atoms with Crippen molar-refractivity contribution in [2.45, 2.75) is 34.2 Å². The van der Waals surface area contributed by atoms with Gasteiger partial charge in [0.05, 0.1) is 18.4 Å². The summed E-state index contributed by atoms with van der Waals surface area (Å²) in [5, 5.41) is 3.95. The van der Waals surface area contributed by atoms with E-state index in [2.05, 4.69) is 45.8 Å². The molecule has 0 radical (unpaired) electrons. The van der Waals surface area contributed by atoms with Crippen LogP contribution in [0.4, 0.5) is 0 Å². The van der Waals surface area contributed by atoms with Gasteiger partial charge in [0.1, 0.15) is 5.69 Å². The molecule has 2 heterocycles. The first kappa shape index (κ1) is 14.6. The predicted octanol–water partition coefficient (Wildman–Crippen LogP) is 2.31. The summed E-state index contributed by atoms with van der Waals surface area (Å²) in [5.74, 6) is 1.07. The Morgan fingerprint density at radius 2 is 1.95 bits per heavy atom. The van der Waals surface area contributed by atoms with Gasteiger partial charge in [-0.15, -0.1) is 0 Å².